The van der Waals surface area contributed by atoms with Gasteiger partial charge in [0.15, 0.2) is 69.6 Å². The molecule has 0 spiro atoms. The third kappa shape index (κ3) is 16.9. The van der Waals surface area contributed by atoms with Crippen LogP contribution in [0, 0.1) is 90.8 Å². The number of nitriles is 1. The van der Waals surface area contributed by atoms with Crippen LogP contribution in [0.1, 0.15) is 308 Å². The van der Waals surface area contributed by atoms with Crippen LogP contribution in [0.15, 0.2) is 232 Å². The van der Waals surface area contributed by atoms with Crippen LogP contribution in [0.3, 0.4) is 0 Å². The molecule has 0 amide bonds. The molecule has 0 radical (unpaired) electrons. The molecule has 27 nitrogen and oxygen atoms in total. The molecule has 147 heavy (non-hydrogen) atoms. The number of Topliss-reactive ketones (excluding diaryl/α,β-unsaturated/α-hetero) is 6. The zero-order valence-electron chi connectivity index (χ0n) is 88.6. The second-order valence-electron chi connectivity index (χ2n) is 47.9. The van der Waals surface area contributed by atoms with Crippen LogP contribution in [-0.4, -0.2) is 106 Å². The first-order valence-electron chi connectivity index (χ1n) is 51.0. The summed E-state index contributed by atoms with van der Waals surface area (Å²) in [5.41, 5.74) is 26.0. The number of benzene rings is 4. The second-order valence-corrected chi connectivity index (χ2v) is 47.9. The van der Waals surface area contributed by atoms with Crippen molar-refractivity contribution in [1.82, 2.24) is 71.2 Å². The largest absolute Gasteiger partial charge is 0.342 e. The fourth-order valence-corrected chi connectivity index (χ4v) is 26.7. The standard InChI is InChI=1S/C21H25N3O.C21H21N3O.C20H20N4O.C20H23N3O.2C19H22N4O/c1-12-8-6-7-9-14(12)21(5)17-13(2)23-24-19(17)22-15-10-20(3,4)11-16(25)18(15)21;1-5-14-18-19(24-23-14)22-15-11-20(2,3)12-16(25)17(15)21(18,4)13-9-7-6-8-10-13;1-19(2)9-13-16(15(25)10-19)20(3,12-7-5-4-6-8-12)17-14(11-21)23-24-18(17)22-13;1-12-16-18(23-22-12)21-14-10-19(2,3)11-15(24)17(14)20(16,4)13-8-6-5-7-9-13;2*1-11-15-17(23-22-11)21-13-8-18(2,3)9-14(24)16(13)19(15,4)12-6-5-7-20-10-12/h6-9H,10-11H2,1-5H3,(H2,22,23,24);1,6-10H,11-12H2,2-4H3,(H2,22,23,24);4-8H,9-10H2,1-3H3,(H2,22,23,24);5-9H,10-11H2,1-4H3,(H2,21,22,23);2*5-7,10H,8-9H2,1-4H3,(H2,21,22,23). The average molecular weight is 1970 g/mol. The highest BCUT2D eigenvalue weighted by molar-refractivity contribution is 6.08. The predicted octanol–water partition coefficient (Wildman–Crippen LogP) is 22.9. The number of allylic oxidation sites excluding steroid dienone is 12. The van der Waals surface area contributed by atoms with Gasteiger partial charge < -0.3 is 31.9 Å². The summed E-state index contributed by atoms with van der Waals surface area (Å²) < 4.78 is 0. The van der Waals surface area contributed by atoms with E-state index in [9.17, 15) is 34.0 Å². The number of carbonyl (C=O) groups excluding carboxylic acids is 6. The molecule has 0 fully saturated rings. The highest BCUT2D eigenvalue weighted by Gasteiger charge is 2.58. The lowest BCUT2D eigenvalue weighted by Crippen LogP contribution is -2.42. The van der Waals surface area contributed by atoms with Gasteiger partial charge in [-0.3, -0.25) is 69.3 Å². The summed E-state index contributed by atoms with van der Waals surface area (Å²) in [4.78, 5) is 87.6. The van der Waals surface area contributed by atoms with Crippen molar-refractivity contribution < 1.29 is 28.8 Å². The molecule has 6 aliphatic heterocycles. The molecule has 27 heteroatoms. The van der Waals surface area contributed by atoms with Gasteiger partial charge in [0.05, 0.1) is 32.5 Å². The topological polar surface area (TPSA) is 396 Å². The number of carbonyl (C=O) groups is 6. The highest BCUT2D eigenvalue weighted by Crippen LogP contribution is 2.61. The van der Waals surface area contributed by atoms with E-state index in [0.717, 1.165) is 219 Å². The van der Waals surface area contributed by atoms with Gasteiger partial charge in [0, 0.05) is 187 Å². The quantitative estimate of drug-likeness (QED) is 0.0688. The Morgan fingerprint density at radius 3 is 0.755 bits per heavy atom. The molecule has 0 saturated carbocycles. The molecule has 12 aromatic rings. The van der Waals surface area contributed by atoms with E-state index in [0.29, 0.717) is 55.7 Å². The molecule has 12 aliphatic rings. The first-order chi connectivity index (χ1) is 69.4. The number of pyridine rings is 2. The summed E-state index contributed by atoms with van der Waals surface area (Å²) in [5.74, 6) is 8.65. The van der Waals surface area contributed by atoms with E-state index >= 15 is 0 Å². The van der Waals surface area contributed by atoms with E-state index in [1.807, 2.05) is 144 Å². The first-order valence-corrected chi connectivity index (χ1v) is 51.0. The van der Waals surface area contributed by atoms with Crippen molar-refractivity contribution in [3.05, 3.63) is 338 Å². The number of H-pyrrole nitrogens is 6. The van der Waals surface area contributed by atoms with E-state index in [2.05, 4.69) is 282 Å². The maximum Gasteiger partial charge on any atom is 0.162 e. The Hall–Kier alpha value is -15.3. The minimum Gasteiger partial charge on any atom is -0.342 e. The summed E-state index contributed by atoms with van der Waals surface area (Å²) in [6.45, 7) is 48.6. The third-order valence-corrected chi connectivity index (χ3v) is 32.7. The Kier molecular flexibility index (Phi) is 24.7. The van der Waals surface area contributed by atoms with E-state index in [1.165, 1.54) is 11.1 Å². The van der Waals surface area contributed by atoms with Crippen LogP contribution in [0.4, 0.5) is 34.9 Å². The van der Waals surface area contributed by atoms with Crippen molar-refractivity contribution in [2.24, 2.45) is 32.5 Å². The summed E-state index contributed by atoms with van der Waals surface area (Å²) in [6.07, 6.45) is 21.3. The number of anilines is 6. The number of hydrogen-bond donors (Lipinski definition) is 12. The molecule has 6 unspecified atom stereocenters. The van der Waals surface area contributed by atoms with Crippen LogP contribution >= 0.6 is 0 Å². The zero-order chi connectivity index (χ0) is 105. The molecule has 754 valence electrons. The smallest absolute Gasteiger partial charge is 0.162 e. The van der Waals surface area contributed by atoms with E-state index in [1.54, 1.807) is 12.4 Å². The minimum atomic E-state index is -0.692. The van der Waals surface area contributed by atoms with Crippen LogP contribution in [-0.2, 0) is 61.3 Å². The predicted molar refractivity (Wildman–Crippen MR) is 573 cm³/mol. The summed E-state index contributed by atoms with van der Waals surface area (Å²) in [7, 11) is 0. The number of nitrogens with zero attached hydrogens (tertiary/aromatic N) is 9. The van der Waals surface area contributed by atoms with Gasteiger partial charge in [-0.1, -0.05) is 216 Å². The monoisotopic (exact) mass is 1960 g/mol. The lowest BCUT2D eigenvalue weighted by atomic mass is 9.61. The maximum atomic E-state index is 13.3. The van der Waals surface area contributed by atoms with E-state index < -0.39 is 32.5 Å². The highest BCUT2D eigenvalue weighted by atomic mass is 16.1. The van der Waals surface area contributed by atoms with Crippen molar-refractivity contribution in [2.75, 3.05) is 31.9 Å². The molecule has 12 N–H and O–H groups in total. The minimum absolute atomic E-state index is 0.0244. The number of terminal acetylenes is 1. The maximum absolute atomic E-state index is 13.3. The van der Waals surface area contributed by atoms with Gasteiger partial charge in [-0.25, -0.2) is 0 Å². The zero-order valence-corrected chi connectivity index (χ0v) is 88.6. The Morgan fingerprint density at radius 1 is 0.265 bits per heavy atom. The Balaban J connectivity index is 0.000000111. The molecule has 8 aromatic heterocycles. The van der Waals surface area contributed by atoms with Crippen molar-refractivity contribution in [3.63, 3.8) is 0 Å². The van der Waals surface area contributed by atoms with Gasteiger partial charge in [0.2, 0.25) is 0 Å². The molecule has 24 rings (SSSR count). The van der Waals surface area contributed by atoms with Gasteiger partial charge in [0.25, 0.3) is 0 Å². The summed E-state index contributed by atoms with van der Waals surface area (Å²) >= 11 is 0. The van der Waals surface area contributed by atoms with Gasteiger partial charge in [-0.2, -0.15) is 35.9 Å². The molecule has 14 heterocycles. The van der Waals surface area contributed by atoms with E-state index in [4.69, 9.17) is 6.42 Å². The Labute approximate surface area is 859 Å². The summed E-state index contributed by atoms with van der Waals surface area (Å²) in [5, 5.41) is 74.7. The van der Waals surface area contributed by atoms with E-state index in [-0.39, 0.29) is 67.2 Å². The number of fused-ring (bicyclic) bond motifs is 6. The van der Waals surface area contributed by atoms with Gasteiger partial charge in [-0.15, -0.1) is 6.42 Å². The molecular weight excluding hydrogens is 1830 g/mol. The number of aromatic nitrogens is 14. The number of ketones is 6. The van der Waals surface area contributed by atoms with Crippen molar-refractivity contribution in [2.45, 2.75) is 269 Å². The number of aromatic amines is 6. The Bertz CT molecular complexity index is 7230. The lowest BCUT2D eigenvalue weighted by molar-refractivity contribution is -0.119. The third-order valence-electron chi connectivity index (χ3n) is 32.7. The average Bonchev–Trinajstić information content (AvgIpc) is 1.19. The lowest BCUT2D eigenvalue weighted by Gasteiger charge is -2.44. The van der Waals surface area contributed by atoms with Crippen molar-refractivity contribution in [3.8, 4) is 18.4 Å². The second kappa shape index (κ2) is 36.2. The van der Waals surface area contributed by atoms with Crippen LogP contribution in [0.5, 0.6) is 0 Å². The van der Waals surface area contributed by atoms with Gasteiger partial charge in [0.1, 0.15) is 17.5 Å². The first kappa shape index (κ1) is 100. The van der Waals surface area contributed by atoms with Crippen molar-refractivity contribution in [1.29, 1.82) is 5.26 Å². The molecule has 0 bridgehead atoms. The summed E-state index contributed by atoms with van der Waals surface area (Å²) in [6, 6.07) is 48.8. The van der Waals surface area contributed by atoms with Crippen LogP contribution in [0.2, 0.25) is 0 Å². The molecule has 4 aromatic carbocycles. The molecule has 6 atom stereocenters. The molecule has 6 aliphatic carbocycles. The SMILES string of the molecule is C#Cc1[nH]nc2c1C(C)(c1ccccc1)C1=C(CC(C)(C)CC1=O)N2.CC1(C)CC(=O)C2=C(C1)Nc1n[nH]c(C#N)c1C2(C)c1ccccc1.Cc1[nH]nc2c1C(C)(c1ccccc1)C1=C(CC(C)(C)CC1=O)N2.Cc1[nH]nc2c1C(C)(c1cccnc1)C1=C(CC(C)(C)CC1=O)N2.Cc1[nH]nc2c1C(C)(c1cccnc1)C1=C(CC(C)(C)CC1=O)N2.Cc1ccccc1C1(C)C2=C(CC(C)(C)CC2=O)Nc2n[nH]c(C)c21. The fourth-order valence-electron chi connectivity index (χ4n) is 26.7. The number of hydrogen-bond acceptors (Lipinski definition) is 21. The normalized spacial score (nSPS) is 24.7. The molecular formula is C120H133N21O6. The van der Waals surface area contributed by atoms with Crippen LogP contribution in [0.25, 0.3) is 0 Å². The fraction of sp³-hybridized carbons (Fsp3) is 0.392. The number of aryl methyl sites for hydroxylation is 5. The van der Waals surface area contributed by atoms with Crippen molar-refractivity contribution >= 4 is 69.6 Å². The number of nitrogens with one attached hydrogen (secondary N) is 12. The Morgan fingerprint density at radius 2 is 0.490 bits per heavy atom. The number of rotatable bonds is 6. The molecule has 0 saturated heterocycles. The van der Waals surface area contributed by atoms with Gasteiger partial charge >= 0.3 is 0 Å². The van der Waals surface area contributed by atoms with Crippen LogP contribution < -0.4 is 31.9 Å². The van der Waals surface area contributed by atoms with Gasteiger partial charge in [-0.05, 0) is 198 Å².